The zero-order chi connectivity index (χ0) is 24.9. The summed E-state index contributed by atoms with van der Waals surface area (Å²) in [6.07, 6.45) is 0.313. The van der Waals surface area contributed by atoms with E-state index in [2.05, 4.69) is 29.5 Å². The molecule has 0 aliphatic carbocycles. The minimum absolute atomic E-state index is 0.0614. The maximum Gasteiger partial charge on any atom is 0.407 e. The Morgan fingerprint density at radius 2 is 1.85 bits per heavy atom. The predicted octanol–water partition coefficient (Wildman–Crippen LogP) is 5.36. The van der Waals surface area contributed by atoms with E-state index >= 15 is 0 Å². The second-order valence-corrected chi connectivity index (χ2v) is 9.65. The van der Waals surface area contributed by atoms with Crippen LogP contribution in [0.2, 0.25) is 0 Å². The van der Waals surface area contributed by atoms with Crippen LogP contribution in [-0.4, -0.2) is 46.5 Å². The largest absolute Gasteiger partial charge is 0.507 e. The van der Waals surface area contributed by atoms with Gasteiger partial charge >= 0.3 is 6.09 Å². The lowest BCUT2D eigenvalue weighted by Crippen LogP contribution is -2.43. The number of hydrogen-bond donors (Lipinski definition) is 3. The van der Waals surface area contributed by atoms with Crippen molar-refractivity contribution in [3.05, 3.63) is 42.5 Å². The van der Waals surface area contributed by atoms with Gasteiger partial charge in [0, 0.05) is 18.0 Å². The van der Waals surface area contributed by atoms with E-state index in [-0.39, 0.29) is 11.8 Å². The van der Waals surface area contributed by atoms with Crippen molar-refractivity contribution < 1.29 is 19.4 Å². The lowest BCUT2D eigenvalue weighted by molar-refractivity contribution is 0.0502. The fourth-order valence-electron chi connectivity index (χ4n) is 3.61. The summed E-state index contributed by atoms with van der Waals surface area (Å²) in [7, 11) is 1.57. The maximum atomic E-state index is 12.4. The fraction of sp³-hybridized carbons (Fsp3) is 0.423. The number of carbonyl (C=O) groups excluding carboxylic acids is 1. The first-order valence-corrected chi connectivity index (χ1v) is 11.4. The molecule has 0 unspecified atom stereocenters. The van der Waals surface area contributed by atoms with Crippen LogP contribution in [0.25, 0.3) is 22.3 Å². The number of anilines is 1. The number of methoxy groups -OCH3 is 1. The Morgan fingerprint density at radius 1 is 1.12 bits per heavy atom. The Labute approximate surface area is 200 Å². The summed E-state index contributed by atoms with van der Waals surface area (Å²) in [5.74, 6) is 2.01. The first-order valence-electron chi connectivity index (χ1n) is 11.4. The predicted molar refractivity (Wildman–Crippen MR) is 134 cm³/mol. The van der Waals surface area contributed by atoms with E-state index in [9.17, 15) is 9.90 Å². The van der Waals surface area contributed by atoms with Crippen LogP contribution >= 0.6 is 0 Å². The molecule has 1 heterocycles. The lowest BCUT2D eigenvalue weighted by atomic mass is 10.0. The number of amides is 1. The Balaban J connectivity index is 1.91. The SMILES string of the molecule is COc1ccc(O)c(-c2nc(NC[C@H](CC(C)C)NC(=O)OC(C)(C)C)c3ccccc3n2)c1. The van der Waals surface area contributed by atoms with Gasteiger partial charge in [0.25, 0.3) is 0 Å². The van der Waals surface area contributed by atoms with Crippen molar-refractivity contribution in [2.45, 2.75) is 52.7 Å². The number of phenolic OH excluding ortho intramolecular Hbond substituents is 1. The van der Waals surface area contributed by atoms with E-state index in [0.29, 0.717) is 35.4 Å². The van der Waals surface area contributed by atoms with E-state index < -0.39 is 11.7 Å². The Bertz CT molecular complexity index is 1140. The van der Waals surface area contributed by atoms with Crippen molar-refractivity contribution in [2.24, 2.45) is 5.92 Å². The maximum absolute atomic E-state index is 12.4. The second kappa shape index (κ2) is 10.6. The number of aromatic hydroxyl groups is 1. The number of ether oxygens (including phenoxy) is 2. The summed E-state index contributed by atoms with van der Waals surface area (Å²) < 4.78 is 10.7. The standard InChI is InChI=1S/C26H34N4O4/c1-16(2)13-17(28-25(32)34-26(3,4)5)15-27-23-19-9-7-8-10-21(19)29-24(30-23)20-14-18(33-6)11-12-22(20)31/h7-12,14,16-17,31H,13,15H2,1-6H3,(H,28,32)(H,27,29,30)/t17-/m0/s1. The fourth-order valence-corrected chi connectivity index (χ4v) is 3.61. The summed E-state index contributed by atoms with van der Waals surface area (Å²) in [5, 5.41) is 17.6. The average molecular weight is 467 g/mol. The topological polar surface area (TPSA) is 106 Å². The first-order chi connectivity index (χ1) is 16.1. The quantitative estimate of drug-likeness (QED) is 0.410. The summed E-state index contributed by atoms with van der Waals surface area (Å²) in [6, 6.07) is 12.4. The van der Waals surface area contributed by atoms with Gasteiger partial charge in [0.2, 0.25) is 0 Å². The molecule has 34 heavy (non-hydrogen) atoms. The molecule has 2 aromatic carbocycles. The van der Waals surface area contributed by atoms with E-state index in [0.717, 1.165) is 17.3 Å². The summed E-state index contributed by atoms with van der Waals surface area (Å²) in [4.78, 5) is 21.8. The van der Waals surface area contributed by atoms with Gasteiger partial charge in [-0.25, -0.2) is 14.8 Å². The molecule has 3 N–H and O–H groups in total. The monoisotopic (exact) mass is 466 g/mol. The molecule has 8 heteroatoms. The minimum atomic E-state index is -0.573. The number of rotatable bonds is 8. The third-order valence-electron chi connectivity index (χ3n) is 5.04. The molecular weight excluding hydrogens is 432 g/mol. The van der Waals surface area contributed by atoms with Crippen molar-refractivity contribution >= 4 is 22.8 Å². The number of nitrogens with zero attached hydrogens (tertiary/aromatic N) is 2. The molecule has 1 aromatic heterocycles. The molecule has 182 valence electrons. The minimum Gasteiger partial charge on any atom is -0.507 e. The molecule has 1 atom stereocenters. The molecule has 0 radical (unpaired) electrons. The molecule has 0 bridgehead atoms. The Kier molecular flexibility index (Phi) is 7.81. The number of nitrogens with one attached hydrogen (secondary N) is 2. The van der Waals surface area contributed by atoms with Crippen LogP contribution in [-0.2, 0) is 4.74 Å². The van der Waals surface area contributed by atoms with Gasteiger partial charge in [-0.05, 0) is 63.4 Å². The zero-order valence-corrected chi connectivity index (χ0v) is 20.7. The normalized spacial score (nSPS) is 12.4. The van der Waals surface area contributed by atoms with Gasteiger partial charge in [0.1, 0.15) is 22.9 Å². The van der Waals surface area contributed by atoms with Crippen molar-refractivity contribution in [1.29, 1.82) is 0 Å². The summed E-state index contributed by atoms with van der Waals surface area (Å²) in [5.41, 5.74) is 0.632. The first kappa shape index (κ1) is 25.1. The number of phenols is 1. The molecule has 0 saturated heterocycles. The number of aromatic nitrogens is 2. The van der Waals surface area contributed by atoms with Crippen LogP contribution in [0.4, 0.5) is 10.6 Å². The molecule has 0 fully saturated rings. The van der Waals surface area contributed by atoms with E-state index in [1.807, 2.05) is 45.0 Å². The van der Waals surface area contributed by atoms with E-state index in [4.69, 9.17) is 14.5 Å². The number of alkyl carbamates (subject to hydrolysis) is 1. The third kappa shape index (κ3) is 6.73. The Hall–Kier alpha value is -3.55. The van der Waals surface area contributed by atoms with Crippen molar-refractivity contribution in [2.75, 3.05) is 19.0 Å². The smallest absolute Gasteiger partial charge is 0.407 e. The zero-order valence-electron chi connectivity index (χ0n) is 20.7. The average Bonchev–Trinajstić information content (AvgIpc) is 2.75. The molecule has 0 spiro atoms. The van der Waals surface area contributed by atoms with Crippen LogP contribution < -0.4 is 15.4 Å². The highest BCUT2D eigenvalue weighted by molar-refractivity contribution is 5.91. The van der Waals surface area contributed by atoms with Gasteiger partial charge in [-0.15, -0.1) is 0 Å². The van der Waals surface area contributed by atoms with Gasteiger partial charge in [0.15, 0.2) is 5.82 Å². The van der Waals surface area contributed by atoms with Gasteiger partial charge < -0.3 is 25.2 Å². The molecule has 0 saturated carbocycles. The molecule has 3 rings (SSSR count). The molecule has 8 nitrogen and oxygen atoms in total. The van der Waals surface area contributed by atoms with Crippen LogP contribution in [0.5, 0.6) is 11.5 Å². The van der Waals surface area contributed by atoms with Gasteiger partial charge in [-0.1, -0.05) is 26.0 Å². The number of benzene rings is 2. The summed E-state index contributed by atoms with van der Waals surface area (Å²) in [6.45, 7) is 10.2. The molecule has 3 aromatic rings. The number of fused-ring (bicyclic) bond motifs is 1. The van der Waals surface area contributed by atoms with Crippen molar-refractivity contribution in [1.82, 2.24) is 15.3 Å². The summed E-state index contributed by atoms with van der Waals surface area (Å²) >= 11 is 0. The molecule has 1 amide bonds. The van der Waals surface area contributed by atoms with Gasteiger partial charge in [-0.2, -0.15) is 0 Å². The lowest BCUT2D eigenvalue weighted by Gasteiger charge is -2.25. The van der Waals surface area contributed by atoms with Crippen LogP contribution in [0.1, 0.15) is 41.0 Å². The van der Waals surface area contributed by atoms with E-state index in [1.165, 1.54) is 0 Å². The van der Waals surface area contributed by atoms with E-state index in [1.54, 1.807) is 25.3 Å². The highest BCUT2D eigenvalue weighted by Crippen LogP contribution is 2.33. The molecule has 0 aliphatic heterocycles. The number of para-hydroxylation sites is 1. The molecule has 0 aliphatic rings. The highest BCUT2D eigenvalue weighted by Gasteiger charge is 2.21. The second-order valence-electron chi connectivity index (χ2n) is 9.65. The Morgan fingerprint density at radius 3 is 2.53 bits per heavy atom. The van der Waals surface area contributed by atoms with Crippen molar-refractivity contribution in [3.63, 3.8) is 0 Å². The van der Waals surface area contributed by atoms with Gasteiger partial charge in [0.05, 0.1) is 18.2 Å². The van der Waals surface area contributed by atoms with Crippen LogP contribution in [0, 0.1) is 5.92 Å². The molecular formula is C26H34N4O4. The van der Waals surface area contributed by atoms with Crippen LogP contribution in [0.3, 0.4) is 0 Å². The third-order valence-corrected chi connectivity index (χ3v) is 5.04. The number of carbonyl (C=O) groups is 1. The highest BCUT2D eigenvalue weighted by atomic mass is 16.6. The van der Waals surface area contributed by atoms with Gasteiger partial charge in [-0.3, -0.25) is 0 Å². The van der Waals surface area contributed by atoms with Crippen LogP contribution in [0.15, 0.2) is 42.5 Å². The van der Waals surface area contributed by atoms with Crippen molar-refractivity contribution in [3.8, 4) is 22.9 Å². The number of hydrogen-bond acceptors (Lipinski definition) is 7.